The molecular formula is C12H19K. The molecule has 0 atom stereocenters. The summed E-state index contributed by atoms with van der Waals surface area (Å²) in [6.07, 6.45) is 2.58. The van der Waals surface area contributed by atoms with E-state index in [-0.39, 0.29) is 0 Å². The SMILES string of the molecule is CCCC1=[C]([K])C(C)(C)C(C)=C1C. The zero-order valence-corrected chi connectivity index (χ0v) is 13.0. The van der Waals surface area contributed by atoms with Crippen molar-refractivity contribution in [2.24, 2.45) is 5.41 Å². The van der Waals surface area contributed by atoms with Crippen LogP contribution in [-0.4, -0.2) is 49.0 Å². The van der Waals surface area contributed by atoms with E-state index in [0.717, 1.165) is 49.0 Å². The summed E-state index contributed by atoms with van der Waals surface area (Å²) in [6, 6.07) is 0. The molecule has 68 valence electrons. The molecule has 13 heavy (non-hydrogen) atoms. The van der Waals surface area contributed by atoms with Crippen molar-refractivity contribution in [1.82, 2.24) is 0 Å². The van der Waals surface area contributed by atoms with Crippen molar-refractivity contribution in [2.45, 2.75) is 47.5 Å². The third-order valence-electron chi connectivity index (χ3n) is 3.84. The molecule has 0 aliphatic heterocycles. The maximum absolute atomic E-state index is 2.38. The molecule has 1 rings (SSSR count). The fourth-order valence-electron chi connectivity index (χ4n) is 2.26. The van der Waals surface area contributed by atoms with Gasteiger partial charge in [0, 0.05) is 0 Å². The molecular weight excluding hydrogens is 183 g/mol. The summed E-state index contributed by atoms with van der Waals surface area (Å²) < 4.78 is 1.77. The van der Waals surface area contributed by atoms with Gasteiger partial charge in [-0.05, 0) is 0 Å². The van der Waals surface area contributed by atoms with Crippen molar-refractivity contribution in [2.75, 3.05) is 0 Å². The Morgan fingerprint density at radius 2 is 1.77 bits per heavy atom. The van der Waals surface area contributed by atoms with Gasteiger partial charge in [0.15, 0.2) is 0 Å². The molecule has 1 aliphatic rings. The van der Waals surface area contributed by atoms with E-state index in [1.165, 1.54) is 12.8 Å². The van der Waals surface area contributed by atoms with Crippen molar-refractivity contribution in [3.8, 4) is 0 Å². The van der Waals surface area contributed by atoms with Crippen molar-refractivity contribution in [3.05, 3.63) is 16.4 Å². The normalized spacial score (nSPS) is 21.8. The van der Waals surface area contributed by atoms with Crippen molar-refractivity contribution in [3.63, 3.8) is 0 Å². The van der Waals surface area contributed by atoms with Crippen LogP contribution in [0.4, 0.5) is 0 Å². The first-order valence-electron chi connectivity index (χ1n) is 5.31. The topological polar surface area (TPSA) is 0 Å². The summed E-state index contributed by atoms with van der Waals surface area (Å²) in [5.74, 6) is 0. The van der Waals surface area contributed by atoms with Gasteiger partial charge in [0.1, 0.15) is 0 Å². The van der Waals surface area contributed by atoms with Gasteiger partial charge in [-0.15, -0.1) is 0 Å². The molecule has 0 nitrogen and oxygen atoms in total. The van der Waals surface area contributed by atoms with Crippen LogP contribution in [-0.2, 0) is 0 Å². The number of allylic oxidation sites excluding steroid dienone is 4. The van der Waals surface area contributed by atoms with E-state index in [2.05, 4.69) is 34.6 Å². The quantitative estimate of drug-likeness (QED) is 0.600. The molecule has 1 aliphatic carbocycles. The van der Waals surface area contributed by atoms with Crippen LogP contribution in [0.3, 0.4) is 0 Å². The van der Waals surface area contributed by atoms with E-state index in [4.69, 9.17) is 0 Å². The predicted molar refractivity (Wildman–Crippen MR) is 59.8 cm³/mol. The second-order valence-electron chi connectivity index (χ2n) is 4.73. The van der Waals surface area contributed by atoms with E-state index in [1.807, 2.05) is 0 Å². The van der Waals surface area contributed by atoms with E-state index in [0.29, 0.717) is 5.41 Å². The van der Waals surface area contributed by atoms with Gasteiger partial charge in [-0.1, -0.05) is 0 Å². The molecule has 0 spiro atoms. The Morgan fingerprint density at radius 3 is 2.08 bits per heavy atom. The van der Waals surface area contributed by atoms with Crippen LogP contribution in [0, 0.1) is 5.41 Å². The van der Waals surface area contributed by atoms with Gasteiger partial charge in [0.25, 0.3) is 0 Å². The molecule has 0 aromatic rings. The monoisotopic (exact) mass is 202 g/mol. The van der Waals surface area contributed by atoms with Gasteiger partial charge in [-0.2, -0.15) is 0 Å². The zero-order valence-electron chi connectivity index (χ0n) is 9.91. The molecule has 0 heterocycles. The van der Waals surface area contributed by atoms with Gasteiger partial charge in [0.2, 0.25) is 0 Å². The average Bonchev–Trinajstić information content (AvgIpc) is 2.21. The molecule has 0 N–H and O–H groups in total. The van der Waals surface area contributed by atoms with E-state index < -0.39 is 0 Å². The van der Waals surface area contributed by atoms with Crippen LogP contribution in [0.5, 0.6) is 0 Å². The Kier molecular flexibility index (Phi) is 4.05. The van der Waals surface area contributed by atoms with Crippen LogP contribution in [0.25, 0.3) is 0 Å². The van der Waals surface area contributed by atoms with Crippen LogP contribution >= 0.6 is 0 Å². The van der Waals surface area contributed by atoms with Gasteiger partial charge >= 0.3 is 118 Å². The summed E-state index contributed by atoms with van der Waals surface area (Å²) in [6.45, 7) is 11.7. The van der Waals surface area contributed by atoms with E-state index in [9.17, 15) is 0 Å². The minimum absolute atomic E-state index is 0.397. The third-order valence-corrected chi connectivity index (χ3v) is 6.74. The molecule has 0 saturated heterocycles. The first-order valence-corrected chi connectivity index (χ1v) is 6.87. The number of hydrogen-bond donors (Lipinski definition) is 0. The van der Waals surface area contributed by atoms with E-state index >= 15 is 0 Å². The summed E-state index contributed by atoms with van der Waals surface area (Å²) in [5, 5.41) is 0. The van der Waals surface area contributed by atoms with Crippen LogP contribution in [0.2, 0.25) is 0 Å². The zero-order chi connectivity index (χ0) is 10.2. The van der Waals surface area contributed by atoms with Crippen LogP contribution in [0.1, 0.15) is 47.5 Å². The fourth-order valence-corrected chi connectivity index (χ4v) is 3.82. The molecule has 0 fully saturated rings. The minimum atomic E-state index is 0.397. The van der Waals surface area contributed by atoms with E-state index in [1.54, 1.807) is 16.4 Å². The molecule has 0 radical (unpaired) electrons. The molecule has 0 unspecified atom stereocenters. The second kappa shape index (κ2) is 4.32. The molecule has 0 aromatic heterocycles. The first kappa shape index (κ1) is 12.2. The Balaban J connectivity index is 3.13. The Bertz CT molecular complexity index is 279. The number of hydrogen-bond acceptors (Lipinski definition) is 0. The average molecular weight is 202 g/mol. The third kappa shape index (κ3) is 2.05. The molecule has 1 heteroatoms. The summed E-state index contributed by atoms with van der Waals surface area (Å²) >= 11 is 0.847. The Hall–Kier alpha value is 1.12. The molecule has 0 bridgehead atoms. The maximum atomic E-state index is 2.38. The summed E-state index contributed by atoms with van der Waals surface area (Å²) in [7, 11) is 0. The molecule has 0 saturated carbocycles. The fraction of sp³-hybridized carbons (Fsp3) is 0.667. The van der Waals surface area contributed by atoms with Crippen LogP contribution < -0.4 is 0 Å². The Labute approximate surface area is 116 Å². The van der Waals surface area contributed by atoms with Gasteiger partial charge in [0.05, 0.1) is 0 Å². The van der Waals surface area contributed by atoms with Gasteiger partial charge < -0.3 is 0 Å². The van der Waals surface area contributed by atoms with Gasteiger partial charge in [-0.25, -0.2) is 0 Å². The van der Waals surface area contributed by atoms with Crippen molar-refractivity contribution in [1.29, 1.82) is 0 Å². The van der Waals surface area contributed by atoms with Crippen molar-refractivity contribution >= 4 is 49.0 Å². The molecule has 0 amide bonds. The Morgan fingerprint density at radius 1 is 1.23 bits per heavy atom. The predicted octanol–water partition coefficient (Wildman–Crippen LogP) is 3.59. The van der Waals surface area contributed by atoms with Crippen LogP contribution in [0.15, 0.2) is 16.4 Å². The summed E-state index contributed by atoms with van der Waals surface area (Å²) in [5.41, 5.74) is 5.30. The first-order chi connectivity index (χ1) is 5.92. The molecule has 0 aromatic carbocycles. The second-order valence-corrected chi connectivity index (χ2v) is 6.29. The standard InChI is InChI=1S/C12H19.K/c1-6-7-11-8-12(4,5)10(3)9(11)2;/h6-7H2,1-5H3;. The van der Waals surface area contributed by atoms with Crippen molar-refractivity contribution < 1.29 is 0 Å². The summed E-state index contributed by atoms with van der Waals surface area (Å²) in [4.78, 5) is 0. The van der Waals surface area contributed by atoms with Gasteiger partial charge in [-0.3, -0.25) is 0 Å². The number of rotatable bonds is 2.